The number of hydrogen-bond donors (Lipinski definition) is 1. The molecule has 2 heterocycles. The molecule has 0 saturated carbocycles. The predicted molar refractivity (Wildman–Crippen MR) is 216 cm³/mol. The van der Waals surface area contributed by atoms with Crippen molar-refractivity contribution in [1.29, 1.82) is 0 Å². The number of methoxy groups -OCH3 is 2. The fourth-order valence-corrected chi connectivity index (χ4v) is 7.83. The summed E-state index contributed by atoms with van der Waals surface area (Å²) in [6, 6.07) is 29.9. The molecular formula is C44H43N3O8S. The molecule has 0 aliphatic carbocycles. The number of fused-ring (bicyclic) bond motifs is 2. The molecule has 1 unspecified atom stereocenters. The summed E-state index contributed by atoms with van der Waals surface area (Å²) in [7, 11) is 3.11. The number of amides is 1. The molecule has 6 aromatic rings. The Hall–Kier alpha value is -6.14. The Balaban J connectivity index is 1.47. The standard InChI is InChI=1S/C44H43N3O8S/c1-26(2)53-39-24-28(23-38(52-6)41(39)54-27(3)4)22-35-40(31-14-19-36-37(25-31)46-56-45-36)42(48)55-44(35,32-15-17-33(51-5)18-16-32)47(43(49)50)21-20-30-12-9-11-29-10-7-8-13-34(29)30/h7-19,23-27H,20-22H2,1-6H3,(H,49,50). The lowest BCUT2D eigenvalue weighted by Crippen LogP contribution is -2.52. The van der Waals surface area contributed by atoms with Gasteiger partial charge in [0.2, 0.25) is 11.5 Å². The average molecular weight is 774 g/mol. The lowest BCUT2D eigenvalue weighted by molar-refractivity contribution is -0.161. The third-order valence-corrected chi connectivity index (χ3v) is 10.2. The summed E-state index contributed by atoms with van der Waals surface area (Å²) in [6.07, 6.45) is -1.25. The molecule has 5 aromatic carbocycles. The van der Waals surface area contributed by atoms with Crippen LogP contribution in [0.5, 0.6) is 23.0 Å². The van der Waals surface area contributed by atoms with Crippen molar-refractivity contribution in [2.24, 2.45) is 0 Å². The molecule has 1 N–H and O–H groups in total. The molecule has 11 nitrogen and oxygen atoms in total. The zero-order chi connectivity index (χ0) is 39.6. The van der Waals surface area contributed by atoms with Crippen LogP contribution in [-0.2, 0) is 28.1 Å². The van der Waals surface area contributed by atoms with Crippen LogP contribution >= 0.6 is 11.7 Å². The second kappa shape index (κ2) is 15.9. The molecule has 1 aromatic heterocycles. The number of rotatable bonds is 14. The molecule has 1 amide bonds. The average Bonchev–Trinajstić information content (AvgIpc) is 3.77. The van der Waals surface area contributed by atoms with Crippen LogP contribution in [0.25, 0.3) is 27.4 Å². The van der Waals surface area contributed by atoms with E-state index in [0.29, 0.717) is 62.7 Å². The highest BCUT2D eigenvalue weighted by molar-refractivity contribution is 7.00. The zero-order valence-electron chi connectivity index (χ0n) is 32.1. The molecule has 0 saturated heterocycles. The number of nitrogens with zero attached hydrogens (tertiary/aromatic N) is 3. The first-order valence-corrected chi connectivity index (χ1v) is 19.1. The zero-order valence-corrected chi connectivity index (χ0v) is 32.9. The summed E-state index contributed by atoms with van der Waals surface area (Å²) in [6.45, 7) is 7.66. The highest BCUT2D eigenvalue weighted by Gasteiger charge is 2.55. The van der Waals surface area contributed by atoms with E-state index in [-0.39, 0.29) is 30.7 Å². The van der Waals surface area contributed by atoms with Gasteiger partial charge in [0.15, 0.2) is 11.5 Å². The summed E-state index contributed by atoms with van der Waals surface area (Å²) >= 11 is 1.07. The van der Waals surface area contributed by atoms with E-state index < -0.39 is 17.8 Å². The fraction of sp³-hybridized carbons (Fsp3) is 0.273. The molecule has 12 heteroatoms. The molecule has 0 spiro atoms. The van der Waals surface area contributed by atoms with Crippen LogP contribution < -0.4 is 18.9 Å². The molecular weight excluding hydrogens is 731 g/mol. The third kappa shape index (κ3) is 7.32. The second-order valence-corrected chi connectivity index (χ2v) is 14.6. The maximum atomic E-state index is 14.6. The number of carbonyl (C=O) groups is 2. The van der Waals surface area contributed by atoms with Crippen LogP contribution in [-0.4, -0.2) is 63.8 Å². The van der Waals surface area contributed by atoms with Crippen LogP contribution in [0.2, 0.25) is 0 Å². The van der Waals surface area contributed by atoms with Crippen LogP contribution in [0, 0.1) is 0 Å². The largest absolute Gasteiger partial charge is 0.497 e. The Morgan fingerprint density at radius 3 is 2.27 bits per heavy atom. The summed E-state index contributed by atoms with van der Waals surface area (Å²) in [4.78, 5) is 29.7. The Kier molecular flexibility index (Phi) is 10.8. The lowest BCUT2D eigenvalue weighted by atomic mass is 9.84. The molecule has 0 radical (unpaired) electrons. The van der Waals surface area contributed by atoms with Gasteiger partial charge in [0.05, 0.1) is 43.7 Å². The van der Waals surface area contributed by atoms with Gasteiger partial charge in [-0.05, 0) is 110 Å². The Morgan fingerprint density at radius 2 is 1.55 bits per heavy atom. The molecule has 56 heavy (non-hydrogen) atoms. The molecule has 7 rings (SSSR count). The number of esters is 1. The van der Waals surface area contributed by atoms with Gasteiger partial charge in [-0.25, -0.2) is 9.59 Å². The molecule has 288 valence electrons. The van der Waals surface area contributed by atoms with E-state index in [2.05, 4.69) is 8.75 Å². The number of ether oxygens (including phenoxy) is 5. The summed E-state index contributed by atoms with van der Waals surface area (Å²) in [5, 5.41) is 13.3. The number of carboxylic acid groups (broad SMARTS) is 1. The quantitative estimate of drug-likeness (QED) is 0.107. The van der Waals surface area contributed by atoms with Gasteiger partial charge in [-0.1, -0.05) is 48.5 Å². The van der Waals surface area contributed by atoms with Crippen molar-refractivity contribution in [3.63, 3.8) is 0 Å². The van der Waals surface area contributed by atoms with Gasteiger partial charge >= 0.3 is 12.1 Å². The monoisotopic (exact) mass is 773 g/mol. The number of carbonyl (C=O) groups excluding carboxylic acids is 1. The first-order valence-electron chi connectivity index (χ1n) is 18.4. The lowest BCUT2D eigenvalue weighted by Gasteiger charge is -2.40. The summed E-state index contributed by atoms with van der Waals surface area (Å²) < 4.78 is 39.2. The van der Waals surface area contributed by atoms with E-state index >= 15 is 0 Å². The third-order valence-electron chi connectivity index (χ3n) is 9.67. The summed E-state index contributed by atoms with van der Waals surface area (Å²) in [5.41, 5.74) is 2.57. The first kappa shape index (κ1) is 38.1. The SMILES string of the molecule is COc1ccc(C2(N(CCc3cccc4ccccc34)C(=O)O)OC(=O)C(c3ccc4nsnc4c3)=C2Cc2cc(OC)c(OC(C)C)c(OC(C)C)c2)cc1. The van der Waals surface area contributed by atoms with E-state index in [0.717, 1.165) is 28.1 Å². The summed E-state index contributed by atoms with van der Waals surface area (Å²) in [5.74, 6) is 1.19. The van der Waals surface area contributed by atoms with Crippen molar-refractivity contribution in [2.45, 2.75) is 58.5 Å². The molecule has 1 aliphatic rings. The van der Waals surface area contributed by atoms with Gasteiger partial charge in [0, 0.05) is 24.1 Å². The molecule has 1 aliphatic heterocycles. The van der Waals surface area contributed by atoms with Crippen LogP contribution in [0.1, 0.15) is 49.9 Å². The van der Waals surface area contributed by atoms with Crippen molar-refractivity contribution in [3.05, 3.63) is 125 Å². The maximum absolute atomic E-state index is 14.6. The Bertz CT molecular complexity index is 2440. The normalized spacial score (nSPS) is 15.5. The highest BCUT2D eigenvalue weighted by atomic mass is 32.1. The number of cyclic esters (lactones) is 1. The van der Waals surface area contributed by atoms with E-state index in [1.165, 1.54) is 4.90 Å². The van der Waals surface area contributed by atoms with E-state index in [4.69, 9.17) is 23.7 Å². The minimum atomic E-state index is -1.91. The highest BCUT2D eigenvalue weighted by Crippen LogP contribution is 2.50. The van der Waals surface area contributed by atoms with Crippen molar-refractivity contribution >= 4 is 51.2 Å². The van der Waals surface area contributed by atoms with Gasteiger partial charge in [-0.15, -0.1) is 0 Å². The predicted octanol–water partition coefficient (Wildman–Crippen LogP) is 9.06. The van der Waals surface area contributed by atoms with Crippen molar-refractivity contribution in [3.8, 4) is 23.0 Å². The van der Waals surface area contributed by atoms with Crippen LogP contribution in [0.4, 0.5) is 4.79 Å². The fourth-order valence-electron chi connectivity index (χ4n) is 7.31. The number of aromatic nitrogens is 2. The Morgan fingerprint density at radius 1 is 0.839 bits per heavy atom. The van der Waals surface area contributed by atoms with E-state index in [9.17, 15) is 14.7 Å². The topological polar surface area (TPSA) is 130 Å². The van der Waals surface area contributed by atoms with Crippen LogP contribution in [0.15, 0.2) is 103 Å². The van der Waals surface area contributed by atoms with E-state index in [1.54, 1.807) is 56.7 Å². The van der Waals surface area contributed by atoms with E-state index in [1.807, 2.05) is 82.3 Å². The first-order chi connectivity index (χ1) is 27.0. The van der Waals surface area contributed by atoms with Crippen molar-refractivity contribution < 1.29 is 38.4 Å². The minimum Gasteiger partial charge on any atom is -0.497 e. The minimum absolute atomic E-state index is 0.0132. The molecule has 1 atom stereocenters. The Labute approximate surface area is 329 Å². The maximum Gasteiger partial charge on any atom is 0.410 e. The van der Waals surface area contributed by atoms with Gasteiger partial charge in [-0.3, -0.25) is 4.90 Å². The number of benzene rings is 5. The second-order valence-electron chi connectivity index (χ2n) is 14.0. The van der Waals surface area contributed by atoms with Crippen LogP contribution in [0.3, 0.4) is 0 Å². The van der Waals surface area contributed by atoms with Gasteiger partial charge < -0.3 is 28.8 Å². The smallest absolute Gasteiger partial charge is 0.410 e. The van der Waals surface area contributed by atoms with Gasteiger partial charge in [0.1, 0.15) is 16.8 Å². The molecule has 0 bridgehead atoms. The number of hydrogen-bond acceptors (Lipinski definition) is 10. The molecule has 0 fully saturated rings. The van der Waals surface area contributed by atoms with Gasteiger partial charge in [0.25, 0.3) is 0 Å². The van der Waals surface area contributed by atoms with Gasteiger partial charge in [-0.2, -0.15) is 8.75 Å². The van der Waals surface area contributed by atoms with Crippen molar-refractivity contribution in [1.82, 2.24) is 13.6 Å². The van der Waals surface area contributed by atoms with Crippen molar-refractivity contribution in [2.75, 3.05) is 20.8 Å².